The summed E-state index contributed by atoms with van der Waals surface area (Å²) in [6.45, 7) is 1.62. The average Bonchev–Trinajstić information content (AvgIpc) is 2.69. The van der Waals surface area contributed by atoms with Crippen molar-refractivity contribution in [2.45, 2.75) is 18.9 Å². The van der Waals surface area contributed by atoms with Gasteiger partial charge in [-0.2, -0.15) is 0 Å². The van der Waals surface area contributed by atoms with Crippen molar-refractivity contribution in [3.05, 3.63) is 65.0 Å². The Balaban J connectivity index is 1.59. The molecule has 2 heterocycles. The highest BCUT2D eigenvalue weighted by Crippen LogP contribution is 2.27. The van der Waals surface area contributed by atoms with Crippen molar-refractivity contribution in [1.82, 2.24) is 9.55 Å². The van der Waals surface area contributed by atoms with E-state index in [-0.39, 0.29) is 17.4 Å². The number of fused-ring (bicyclic) bond motifs is 1. The Morgan fingerprint density at radius 1 is 1.12 bits per heavy atom. The van der Waals surface area contributed by atoms with Gasteiger partial charge < -0.3 is 9.64 Å². The van der Waals surface area contributed by atoms with Gasteiger partial charge in [-0.1, -0.05) is 6.07 Å². The number of rotatable bonds is 3. The topological polar surface area (TPSA) is 47.4 Å². The molecule has 1 aromatic heterocycles. The van der Waals surface area contributed by atoms with Gasteiger partial charge in [-0.15, -0.1) is 0 Å². The lowest BCUT2D eigenvalue weighted by Gasteiger charge is -2.34. The fourth-order valence-electron chi connectivity index (χ4n) is 3.63. The fraction of sp³-hybridized carbons (Fsp3) is 0.300. The maximum atomic E-state index is 13.1. The Labute approximate surface area is 150 Å². The summed E-state index contributed by atoms with van der Waals surface area (Å²) in [5.74, 6) is 0.324. The smallest absolute Gasteiger partial charge is 0.265 e. The van der Waals surface area contributed by atoms with Crippen molar-refractivity contribution < 1.29 is 9.13 Å². The normalized spacial score (nSPS) is 15.4. The summed E-state index contributed by atoms with van der Waals surface area (Å²) in [6, 6.07) is 12.1. The Bertz CT molecular complexity index is 977. The predicted octanol–water partition coefficient (Wildman–Crippen LogP) is 3.39. The van der Waals surface area contributed by atoms with Crippen molar-refractivity contribution in [2.24, 2.45) is 0 Å². The van der Waals surface area contributed by atoms with Crippen molar-refractivity contribution in [1.29, 1.82) is 0 Å². The lowest BCUT2D eigenvalue weighted by Crippen LogP contribution is -2.37. The third-order valence-corrected chi connectivity index (χ3v) is 5.04. The van der Waals surface area contributed by atoms with Crippen LogP contribution in [-0.2, 0) is 0 Å². The summed E-state index contributed by atoms with van der Waals surface area (Å²) in [5.41, 5.74) is 1.59. The first kappa shape index (κ1) is 16.6. The van der Waals surface area contributed by atoms with E-state index in [4.69, 9.17) is 4.74 Å². The highest BCUT2D eigenvalue weighted by molar-refractivity contribution is 5.83. The fourth-order valence-corrected chi connectivity index (χ4v) is 3.63. The lowest BCUT2D eigenvalue weighted by atomic mass is 10.0. The van der Waals surface area contributed by atoms with Crippen LogP contribution in [0, 0.1) is 5.82 Å². The quantitative estimate of drug-likeness (QED) is 0.724. The molecule has 3 aromatic rings. The molecule has 0 spiro atoms. The molecule has 5 nitrogen and oxygen atoms in total. The van der Waals surface area contributed by atoms with Crippen LogP contribution in [0.4, 0.5) is 10.1 Å². The van der Waals surface area contributed by atoms with Crippen molar-refractivity contribution in [2.75, 3.05) is 25.1 Å². The minimum atomic E-state index is -0.230. The second-order valence-corrected chi connectivity index (χ2v) is 6.51. The van der Waals surface area contributed by atoms with Crippen LogP contribution in [0.25, 0.3) is 10.9 Å². The summed E-state index contributed by atoms with van der Waals surface area (Å²) in [7, 11) is 1.56. The van der Waals surface area contributed by atoms with Gasteiger partial charge >= 0.3 is 0 Å². The number of halogens is 1. The van der Waals surface area contributed by atoms with Gasteiger partial charge in [-0.05, 0) is 49.2 Å². The largest absolute Gasteiger partial charge is 0.496 e. The van der Waals surface area contributed by atoms with Crippen LogP contribution in [0.3, 0.4) is 0 Å². The van der Waals surface area contributed by atoms with Crippen LogP contribution in [0.2, 0.25) is 0 Å². The molecular formula is C20H20FN3O2. The number of anilines is 1. The molecule has 0 bridgehead atoms. The van der Waals surface area contributed by atoms with Gasteiger partial charge in [0.2, 0.25) is 0 Å². The molecule has 0 amide bonds. The number of hydrogen-bond acceptors (Lipinski definition) is 4. The van der Waals surface area contributed by atoms with E-state index >= 15 is 0 Å². The van der Waals surface area contributed by atoms with Crippen LogP contribution in [0.1, 0.15) is 18.9 Å². The molecule has 0 unspecified atom stereocenters. The molecule has 0 atom stereocenters. The number of nitrogens with zero attached hydrogens (tertiary/aromatic N) is 3. The minimum Gasteiger partial charge on any atom is -0.496 e. The van der Waals surface area contributed by atoms with E-state index in [0.717, 1.165) is 31.6 Å². The number of benzene rings is 2. The molecule has 0 saturated carbocycles. The monoisotopic (exact) mass is 353 g/mol. The van der Waals surface area contributed by atoms with Crippen molar-refractivity contribution in [3.63, 3.8) is 0 Å². The Morgan fingerprint density at radius 3 is 2.54 bits per heavy atom. The number of aromatic nitrogens is 2. The molecule has 0 N–H and O–H groups in total. The molecular weight excluding hydrogens is 333 g/mol. The third-order valence-electron chi connectivity index (χ3n) is 5.04. The molecule has 6 heteroatoms. The first-order valence-corrected chi connectivity index (χ1v) is 8.72. The van der Waals surface area contributed by atoms with E-state index in [1.54, 1.807) is 36.2 Å². The molecule has 4 rings (SSSR count). The van der Waals surface area contributed by atoms with E-state index in [2.05, 4.69) is 9.88 Å². The maximum absolute atomic E-state index is 13.1. The Morgan fingerprint density at radius 2 is 1.85 bits per heavy atom. The Hall–Kier alpha value is -2.89. The van der Waals surface area contributed by atoms with Crippen LogP contribution in [0.5, 0.6) is 5.75 Å². The van der Waals surface area contributed by atoms with E-state index in [1.165, 1.54) is 12.1 Å². The zero-order valence-corrected chi connectivity index (χ0v) is 14.6. The van der Waals surface area contributed by atoms with Gasteiger partial charge in [-0.3, -0.25) is 9.36 Å². The summed E-state index contributed by atoms with van der Waals surface area (Å²) in [6.07, 6.45) is 3.31. The van der Waals surface area contributed by atoms with E-state index in [9.17, 15) is 9.18 Å². The van der Waals surface area contributed by atoms with Gasteiger partial charge in [0.25, 0.3) is 5.56 Å². The number of hydrogen-bond donors (Lipinski definition) is 0. The molecule has 1 aliphatic heterocycles. The van der Waals surface area contributed by atoms with Crippen LogP contribution in [0.15, 0.2) is 53.6 Å². The van der Waals surface area contributed by atoms with Gasteiger partial charge in [0.1, 0.15) is 17.0 Å². The second-order valence-electron chi connectivity index (χ2n) is 6.51. The lowest BCUT2D eigenvalue weighted by molar-refractivity contribution is 0.384. The standard InChI is InChI=1S/C20H20FN3O2/c1-26-18-4-2-3-17-19(18)20(25)24(13-22-17)16-9-11-23(12-10-16)15-7-5-14(21)6-8-15/h2-8,13,16H,9-12H2,1H3. The van der Waals surface area contributed by atoms with Crippen molar-refractivity contribution >= 4 is 16.6 Å². The third kappa shape index (κ3) is 2.92. The van der Waals surface area contributed by atoms with Gasteiger partial charge in [0.15, 0.2) is 0 Å². The zero-order valence-electron chi connectivity index (χ0n) is 14.6. The SMILES string of the molecule is COc1cccc2ncn(C3CCN(c4ccc(F)cc4)CC3)c(=O)c12. The Kier molecular flexibility index (Phi) is 4.32. The molecule has 26 heavy (non-hydrogen) atoms. The summed E-state index contributed by atoms with van der Waals surface area (Å²) in [4.78, 5) is 19.6. The average molecular weight is 353 g/mol. The summed E-state index contributed by atoms with van der Waals surface area (Å²) < 4.78 is 20.2. The first-order valence-electron chi connectivity index (χ1n) is 8.72. The number of methoxy groups -OCH3 is 1. The second kappa shape index (κ2) is 6.78. The molecule has 0 radical (unpaired) electrons. The number of ether oxygens (including phenoxy) is 1. The van der Waals surface area contributed by atoms with Crippen LogP contribution < -0.4 is 15.2 Å². The molecule has 134 valence electrons. The summed E-state index contributed by atoms with van der Waals surface area (Å²) >= 11 is 0. The van der Waals surface area contributed by atoms with Gasteiger partial charge in [-0.25, -0.2) is 9.37 Å². The van der Waals surface area contributed by atoms with Crippen LogP contribution in [-0.4, -0.2) is 29.8 Å². The number of piperidine rings is 1. The molecule has 0 aliphatic carbocycles. The van der Waals surface area contributed by atoms with Gasteiger partial charge in [0.05, 0.1) is 19.0 Å². The molecule has 1 saturated heterocycles. The van der Waals surface area contributed by atoms with E-state index < -0.39 is 0 Å². The van der Waals surface area contributed by atoms with Crippen molar-refractivity contribution in [3.8, 4) is 5.75 Å². The molecule has 1 fully saturated rings. The minimum absolute atomic E-state index is 0.0623. The molecule has 1 aliphatic rings. The highest BCUT2D eigenvalue weighted by atomic mass is 19.1. The maximum Gasteiger partial charge on any atom is 0.265 e. The molecule has 2 aromatic carbocycles. The first-order chi connectivity index (χ1) is 12.7. The zero-order chi connectivity index (χ0) is 18.1. The van der Waals surface area contributed by atoms with Gasteiger partial charge in [0, 0.05) is 24.8 Å². The van der Waals surface area contributed by atoms with E-state index in [1.807, 2.05) is 12.1 Å². The predicted molar refractivity (Wildman–Crippen MR) is 99.4 cm³/mol. The van der Waals surface area contributed by atoms with Crippen LogP contribution >= 0.6 is 0 Å². The summed E-state index contributed by atoms with van der Waals surface area (Å²) in [5, 5.41) is 0.526. The van der Waals surface area contributed by atoms with E-state index in [0.29, 0.717) is 16.7 Å². The highest BCUT2D eigenvalue weighted by Gasteiger charge is 2.23.